The summed E-state index contributed by atoms with van der Waals surface area (Å²) in [5, 5.41) is 38.6. The molecule has 0 aliphatic heterocycles. The first-order valence-electron chi connectivity index (χ1n) is 21.5. The number of carbonyl (C=O) groups excluding carboxylic acids is 2. The predicted molar refractivity (Wildman–Crippen MR) is 315 cm³/mol. The van der Waals surface area contributed by atoms with E-state index in [2.05, 4.69) is 60.9 Å². The van der Waals surface area contributed by atoms with Crippen molar-refractivity contribution < 1.29 is 61.1 Å². The molecular weight excluding hydrogens is 1250 g/mol. The van der Waals surface area contributed by atoms with Crippen molar-refractivity contribution in [1.82, 2.24) is 9.97 Å². The molecule has 5 aromatic carbocycles. The molecule has 0 atom stereocenters. The number of hydrogen-bond acceptors (Lipinski definition) is 14. The molecule has 4 aromatic heterocycles. The SMILES string of the molecule is C.Clc1ccnc2ccsc12.Nc1ccc(O)c(F)c1.O=C(Cc1ccc(F)cc1)N=C=S.O=C(Cl)Cc1ccc(F)cc1.O=C(O)Cc1ccc(F)cc1.O=P(Cl)(Cl)Cl.O=[N+]([O-])c1ccc(O)c(F)c1.O=c1cc[nH]c2ccsc12. The van der Waals surface area contributed by atoms with Gasteiger partial charge in [0, 0.05) is 42.7 Å². The first-order chi connectivity index (χ1) is 37.6. The molecule has 0 saturated carbocycles. The minimum atomic E-state index is -3.22. The maximum absolute atomic E-state index is 12.4. The first-order valence-corrected chi connectivity index (χ1v) is 28.8. The number of carbonyl (C=O) groups is 3. The Kier molecular flexibility index (Phi) is 33.5. The van der Waals surface area contributed by atoms with Crippen LogP contribution in [0.1, 0.15) is 24.1 Å². The van der Waals surface area contributed by atoms with Crippen LogP contribution in [0.5, 0.6) is 11.5 Å². The number of carboxylic acids is 1. The van der Waals surface area contributed by atoms with E-state index in [4.69, 9.17) is 44.3 Å². The number of rotatable bonds is 7. The zero-order valence-corrected chi connectivity index (χ0v) is 47.3. The average Bonchev–Trinajstić information content (AvgIpc) is 4.14. The molecule has 0 spiro atoms. The van der Waals surface area contributed by atoms with Crippen LogP contribution < -0.4 is 11.2 Å². The van der Waals surface area contributed by atoms with E-state index in [9.17, 15) is 55.8 Å². The number of hydrogen-bond donors (Lipinski definition) is 5. The van der Waals surface area contributed by atoms with Crippen LogP contribution in [-0.2, 0) is 38.2 Å². The number of halogens is 10. The van der Waals surface area contributed by atoms with Gasteiger partial charge in [0.15, 0.2) is 28.6 Å². The summed E-state index contributed by atoms with van der Waals surface area (Å²) in [6.07, 6.45) is 3.61. The summed E-state index contributed by atoms with van der Waals surface area (Å²) in [7, 11) is 0. The highest BCUT2D eigenvalue weighted by atomic mass is 36.0. The molecule has 0 aliphatic rings. The second-order valence-corrected chi connectivity index (χ2v) is 24.2. The van der Waals surface area contributed by atoms with Crippen molar-refractivity contribution in [3.8, 4) is 11.5 Å². The number of aliphatic carboxylic acids is 1. The van der Waals surface area contributed by atoms with Gasteiger partial charge in [-0.15, -0.1) is 22.7 Å². The number of nitro groups is 1. The van der Waals surface area contributed by atoms with Crippen LogP contribution in [0.3, 0.4) is 0 Å². The number of nitro benzene ring substituents is 1. The van der Waals surface area contributed by atoms with Crippen LogP contribution in [0, 0.1) is 39.2 Å². The number of nitrogens with two attached hydrogens (primary N) is 1. The number of aromatic amines is 1. The van der Waals surface area contributed by atoms with E-state index in [1.165, 1.54) is 96.3 Å². The summed E-state index contributed by atoms with van der Waals surface area (Å²) in [5.41, 5.74) is 9.17. The molecular formula is C52H42Cl5F5N5O10PS3. The van der Waals surface area contributed by atoms with Gasteiger partial charge in [-0.1, -0.05) is 55.4 Å². The van der Waals surface area contributed by atoms with Crippen molar-refractivity contribution in [2.45, 2.75) is 26.7 Å². The number of aromatic hydroxyl groups is 2. The summed E-state index contributed by atoms with van der Waals surface area (Å²) in [6.45, 7) is 0. The number of thiophene rings is 2. The van der Waals surface area contributed by atoms with Gasteiger partial charge in [-0.2, -0.15) is 4.99 Å². The van der Waals surface area contributed by atoms with E-state index in [1.54, 1.807) is 35.9 Å². The lowest BCUT2D eigenvalue weighted by atomic mass is 10.1. The smallest absolute Gasteiger partial charge is 0.339 e. The lowest BCUT2D eigenvalue weighted by molar-refractivity contribution is -0.385. The van der Waals surface area contributed by atoms with E-state index in [-0.39, 0.29) is 66.9 Å². The number of pyridine rings is 2. The number of thiocarbonyl (C=S) groups is 1. The summed E-state index contributed by atoms with van der Waals surface area (Å²) >= 11 is 32.2. The number of amides is 1. The molecule has 0 fully saturated rings. The highest BCUT2D eigenvalue weighted by Gasteiger charge is 2.09. The highest BCUT2D eigenvalue weighted by molar-refractivity contribution is 8.24. The van der Waals surface area contributed by atoms with Gasteiger partial charge in [0.25, 0.3) is 11.6 Å². The molecule has 0 unspecified atom stereocenters. The van der Waals surface area contributed by atoms with Gasteiger partial charge in [-0.3, -0.25) is 38.8 Å². The minimum Gasteiger partial charge on any atom is -0.505 e. The summed E-state index contributed by atoms with van der Waals surface area (Å²) < 4.78 is 73.0. The second-order valence-electron chi connectivity index (χ2n) is 14.7. The highest BCUT2D eigenvalue weighted by Crippen LogP contribution is 2.61. The Morgan fingerprint density at radius 1 is 0.728 bits per heavy atom. The Morgan fingerprint density at radius 3 is 1.63 bits per heavy atom. The number of aliphatic imine (C=N–C) groups is 1. The van der Waals surface area contributed by atoms with Crippen molar-refractivity contribution >= 4 is 151 Å². The largest absolute Gasteiger partial charge is 0.505 e. The standard InChI is InChI=1S/C9H6FNOS.C8H6ClFO.C8H7FO2.C7H4ClNS.C7H5NOS.C6H4FNO3.C6H6FNO.CH4.Cl3OP/c10-8-3-1-7(2-4-8)5-9(12)11-6-13;9-8(11)5-6-1-3-7(10)4-2-6;9-7-3-1-6(2-4-7)5-8(10)11;8-5-1-3-9-6-2-4-10-7(5)6;9-6-1-3-8-5-2-4-10-7(5)6;7-5-3-4(8(10)11)1-2-6(5)9;7-5-3-4(8)1-2-6(5)9;;1-5(2,3)4/h1-4H,5H2;1-4H,5H2;1-4H,5H2,(H,10,11);1-4H;1-4H,(H,8,9);1-3,9H;1-3,9H,8H2;1H4;. The molecule has 29 heteroatoms. The molecule has 9 rings (SSSR count). The fourth-order valence-electron chi connectivity index (χ4n) is 5.28. The van der Waals surface area contributed by atoms with Crippen LogP contribution >= 0.6 is 97.0 Å². The Bertz CT molecular complexity index is 3550. The van der Waals surface area contributed by atoms with Crippen molar-refractivity contribution in [2.24, 2.45) is 4.99 Å². The Hall–Kier alpha value is -7.14. The predicted octanol–water partition coefficient (Wildman–Crippen LogP) is 16.1. The normalized spacial score (nSPS) is 9.70. The molecule has 428 valence electrons. The number of non-ortho nitro benzene ring substituents is 1. The molecule has 0 aliphatic carbocycles. The number of nitrogens with one attached hydrogen (secondary N) is 1. The van der Waals surface area contributed by atoms with Gasteiger partial charge in [0.05, 0.1) is 54.4 Å². The number of phenolic OH excluding ortho intramolecular Hbond substituents is 2. The van der Waals surface area contributed by atoms with Gasteiger partial charge < -0.3 is 26.0 Å². The van der Waals surface area contributed by atoms with E-state index < -0.39 is 38.7 Å². The number of benzene rings is 5. The van der Waals surface area contributed by atoms with Crippen LogP contribution in [-0.4, -0.2) is 52.5 Å². The van der Waals surface area contributed by atoms with Crippen molar-refractivity contribution in [2.75, 3.05) is 5.73 Å². The molecule has 81 heavy (non-hydrogen) atoms. The average molecular weight is 1300 g/mol. The lowest BCUT2D eigenvalue weighted by Crippen LogP contribution is -1.99. The van der Waals surface area contributed by atoms with Gasteiger partial charge in [-0.25, -0.2) is 22.0 Å². The van der Waals surface area contributed by atoms with Crippen LogP contribution in [0.15, 0.2) is 166 Å². The molecule has 0 bridgehead atoms. The van der Waals surface area contributed by atoms with Gasteiger partial charge in [-0.05, 0) is 158 Å². The van der Waals surface area contributed by atoms with E-state index in [1.807, 2.05) is 28.1 Å². The first kappa shape index (κ1) is 71.9. The monoisotopic (exact) mass is 1290 g/mol. The third-order valence-electron chi connectivity index (χ3n) is 8.74. The number of nitrogen functional groups attached to an aromatic ring is 1. The summed E-state index contributed by atoms with van der Waals surface area (Å²) in [4.78, 5) is 62.1. The van der Waals surface area contributed by atoms with Crippen molar-refractivity contribution in [1.29, 1.82) is 0 Å². The van der Waals surface area contributed by atoms with Crippen LogP contribution in [0.4, 0.5) is 33.3 Å². The van der Waals surface area contributed by atoms with Gasteiger partial charge >= 0.3 is 11.2 Å². The number of aromatic nitrogens is 2. The minimum absolute atomic E-state index is 0. The lowest BCUT2D eigenvalue weighted by Gasteiger charge is -1.95. The number of phenols is 2. The van der Waals surface area contributed by atoms with Gasteiger partial charge in [0.1, 0.15) is 17.5 Å². The van der Waals surface area contributed by atoms with Crippen molar-refractivity contribution in [3.63, 3.8) is 0 Å². The maximum atomic E-state index is 12.4. The molecule has 6 N–H and O–H groups in total. The number of H-pyrrole nitrogens is 1. The fraction of sp³-hybridized carbons (Fsp3) is 0.0769. The van der Waals surface area contributed by atoms with E-state index >= 15 is 0 Å². The molecule has 1 amide bonds. The molecule has 15 nitrogen and oxygen atoms in total. The number of fused-ring (bicyclic) bond motifs is 2. The zero-order valence-electron chi connectivity index (χ0n) is 40.2. The molecule has 0 radical (unpaired) electrons. The van der Waals surface area contributed by atoms with E-state index in [0.717, 1.165) is 49.2 Å². The molecule has 0 saturated heterocycles. The topological polar surface area (TPSA) is 256 Å². The Balaban J connectivity index is 0.000000466. The van der Waals surface area contributed by atoms with E-state index in [0.29, 0.717) is 22.9 Å². The number of isothiocyanates is 1. The summed E-state index contributed by atoms with van der Waals surface area (Å²) in [5.74, 6) is -4.89. The number of carboxylic acid groups (broad SMARTS) is 1. The van der Waals surface area contributed by atoms with Crippen LogP contribution in [0.25, 0.3) is 20.4 Å². The Labute approximate surface area is 495 Å². The molecule has 4 heterocycles. The quantitative estimate of drug-likeness (QED) is 0.0115. The zero-order chi connectivity index (χ0) is 60.0. The second kappa shape index (κ2) is 37.7. The third-order valence-corrected chi connectivity index (χ3v) is 11.3. The fourth-order valence-corrected chi connectivity index (χ4v) is 7.35. The van der Waals surface area contributed by atoms with Crippen molar-refractivity contribution in [3.05, 3.63) is 228 Å². The molecule has 9 aromatic rings. The maximum Gasteiger partial charge on any atom is 0.339 e. The van der Waals surface area contributed by atoms with Crippen LogP contribution in [0.2, 0.25) is 5.02 Å². The number of nitrogens with zero attached hydrogens (tertiary/aromatic N) is 3. The van der Waals surface area contributed by atoms with Gasteiger partial charge in [0.2, 0.25) is 5.24 Å². The summed E-state index contributed by atoms with van der Waals surface area (Å²) in [6, 6.07) is 30.3. The third kappa shape index (κ3) is 31.4. The number of anilines is 1. The Morgan fingerprint density at radius 2 is 1.20 bits per heavy atom.